The molecule has 0 unspecified atom stereocenters. The number of imidazole rings is 1. The fourth-order valence-electron chi connectivity index (χ4n) is 6.65. The fraction of sp³-hybridized carbons (Fsp3) is 0.238. The van der Waals surface area contributed by atoms with Crippen LogP contribution in [0, 0.1) is 5.92 Å². The smallest absolute Gasteiger partial charge is 0.268 e. The summed E-state index contributed by atoms with van der Waals surface area (Å²) in [5.74, 6) is -1.16. The number of benzene rings is 4. The summed E-state index contributed by atoms with van der Waals surface area (Å²) in [5, 5.41) is 7.94. The molecule has 10 heteroatoms. The first kappa shape index (κ1) is 36.2. The monoisotopic (exact) mass is 713 g/mol. The molecule has 2 aromatic heterocycles. The van der Waals surface area contributed by atoms with E-state index in [1.807, 2.05) is 105 Å². The van der Waals surface area contributed by atoms with Crippen molar-refractivity contribution in [1.82, 2.24) is 25.2 Å². The van der Waals surface area contributed by atoms with Crippen LogP contribution in [0.15, 0.2) is 134 Å². The Hall–Kier alpha value is -5.58. The second kappa shape index (κ2) is 16.2. The number of thiophene rings is 1. The molecule has 0 spiro atoms. The number of hydroxylamine groups is 2. The average Bonchev–Trinajstić information content (AvgIpc) is 3.83. The molecule has 3 amide bonds. The van der Waals surface area contributed by atoms with Crippen molar-refractivity contribution in [2.45, 2.75) is 44.3 Å². The second-order valence-corrected chi connectivity index (χ2v) is 14.3. The number of aromatic nitrogens is 2. The predicted octanol–water partition coefficient (Wildman–Crippen LogP) is 6.83. The van der Waals surface area contributed by atoms with Crippen LogP contribution in [0.25, 0.3) is 10.1 Å². The lowest BCUT2D eigenvalue weighted by Crippen LogP contribution is -2.54. The van der Waals surface area contributed by atoms with Crippen molar-refractivity contribution >= 4 is 39.1 Å². The lowest BCUT2D eigenvalue weighted by Gasteiger charge is -2.37. The summed E-state index contributed by atoms with van der Waals surface area (Å²) in [7, 11) is 2.90. The molecule has 2 heterocycles. The molecule has 0 bridgehead atoms. The third kappa shape index (κ3) is 7.68. The van der Waals surface area contributed by atoms with Crippen molar-refractivity contribution in [2.24, 2.45) is 5.92 Å². The number of amides is 3. The Kier molecular flexibility index (Phi) is 11.3. The molecular formula is C42H43N5O4S. The zero-order valence-corrected chi connectivity index (χ0v) is 30.5. The van der Waals surface area contributed by atoms with Crippen molar-refractivity contribution in [1.29, 1.82) is 0 Å². The topological polar surface area (TPSA) is 106 Å². The molecule has 2 atom stereocenters. The van der Waals surface area contributed by atoms with Gasteiger partial charge in [-0.3, -0.25) is 19.2 Å². The first-order valence-corrected chi connectivity index (χ1v) is 18.1. The van der Waals surface area contributed by atoms with E-state index >= 15 is 0 Å². The first-order chi connectivity index (χ1) is 25.2. The molecule has 4 aromatic carbocycles. The van der Waals surface area contributed by atoms with E-state index in [-0.39, 0.29) is 18.2 Å². The highest BCUT2D eigenvalue weighted by molar-refractivity contribution is 7.20. The Morgan fingerprint density at radius 2 is 1.37 bits per heavy atom. The Morgan fingerprint density at radius 1 is 0.808 bits per heavy atom. The van der Waals surface area contributed by atoms with Crippen molar-refractivity contribution in [3.05, 3.63) is 161 Å². The van der Waals surface area contributed by atoms with Crippen molar-refractivity contribution in [3.8, 4) is 0 Å². The number of hydrogen-bond acceptors (Lipinski definition) is 6. The molecule has 9 nitrogen and oxygen atoms in total. The number of likely N-dealkylation sites (N-methyl/N-ethyl adjacent to an activating group) is 1. The van der Waals surface area contributed by atoms with E-state index in [1.54, 1.807) is 6.33 Å². The zero-order chi connectivity index (χ0) is 36.7. The quantitative estimate of drug-likeness (QED) is 0.0952. The molecule has 0 saturated carbocycles. The maximum atomic E-state index is 14.0. The number of nitrogens with one attached hydrogen (secondary N) is 2. The number of carbonyl (C=O) groups excluding carboxylic acids is 3. The Labute approximate surface area is 308 Å². The van der Waals surface area contributed by atoms with Gasteiger partial charge >= 0.3 is 0 Å². The van der Waals surface area contributed by atoms with E-state index in [2.05, 4.69) is 51.6 Å². The molecule has 0 aliphatic heterocycles. The van der Waals surface area contributed by atoms with Gasteiger partial charge in [0.25, 0.3) is 11.8 Å². The van der Waals surface area contributed by atoms with Crippen LogP contribution in [0.3, 0.4) is 0 Å². The van der Waals surface area contributed by atoms with Gasteiger partial charge in [0.05, 0.1) is 24.0 Å². The van der Waals surface area contributed by atoms with Crippen LogP contribution in [0.4, 0.5) is 0 Å². The number of nitrogens with zero attached hydrogens (tertiary/aromatic N) is 3. The Balaban J connectivity index is 1.33. The molecule has 0 aliphatic carbocycles. The van der Waals surface area contributed by atoms with Gasteiger partial charge in [0.2, 0.25) is 5.91 Å². The van der Waals surface area contributed by atoms with Crippen LogP contribution in [0.5, 0.6) is 0 Å². The van der Waals surface area contributed by atoms with Gasteiger partial charge in [-0.1, -0.05) is 123 Å². The molecule has 0 radical (unpaired) electrons. The maximum absolute atomic E-state index is 14.0. The fourth-order valence-corrected chi connectivity index (χ4v) is 7.62. The molecule has 2 N–H and O–H groups in total. The van der Waals surface area contributed by atoms with Crippen LogP contribution >= 0.6 is 11.3 Å². The Bertz CT molecular complexity index is 1980. The minimum absolute atomic E-state index is 0.0817. The van der Waals surface area contributed by atoms with Gasteiger partial charge in [0.1, 0.15) is 17.6 Å². The largest absolute Gasteiger partial charge is 0.342 e. The van der Waals surface area contributed by atoms with Gasteiger partial charge in [-0.05, 0) is 46.5 Å². The van der Waals surface area contributed by atoms with Crippen LogP contribution < -0.4 is 10.6 Å². The lowest BCUT2D eigenvalue weighted by atomic mass is 9.77. The number of rotatable bonds is 14. The third-order valence-corrected chi connectivity index (χ3v) is 10.3. The van der Waals surface area contributed by atoms with E-state index in [4.69, 9.17) is 9.82 Å². The SMILES string of the molecule is CON(C)C(=O)[C@H](Cc1cn(C(c2ccccc2)(c2ccccc2)c2ccccc2)cn1)NC(=O)[C@H](CC(C)C)NC(=O)c1cc2ccccc2s1. The number of hydrogen-bond donors (Lipinski definition) is 2. The van der Waals surface area contributed by atoms with Crippen LogP contribution in [0.1, 0.15) is 52.3 Å². The van der Waals surface area contributed by atoms with Gasteiger partial charge in [-0.2, -0.15) is 0 Å². The molecule has 266 valence electrons. The summed E-state index contributed by atoms with van der Waals surface area (Å²) in [5.41, 5.74) is 2.89. The summed E-state index contributed by atoms with van der Waals surface area (Å²) in [4.78, 5) is 51.7. The molecule has 0 aliphatic rings. The number of carbonyl (C=O) groups is 3. The molecule has 0 fully saturated rings. The molecule has 52 heavy (non-hydrogen) atoms. The van der Waals surface area contributed by atoms with E-state index in [1.165, 1.54) is 25.5 Å². The zero-order valence-electron chi connectivity index (χ0n) is 29.7. The molecule has 0 saturated heterocycles. The minimum atomic E-state index is -1.03. The number of fused-ring (bicyclic) bond motifs is 1. The van der Waals surface area contributed by atoms with Gasteiger partial charge in [-0.15, -0.1) is 11.3 Å². The van der Waals surface area contributed by atoms with Crippen molar-refractivity contribution in [3.63, 3.8) is 0 Å². The lowest BCUT2D eigenvalue weighted by molar-refractivity contribution is -0.171. The van der Waals surface area contributed by atoms with E-state index in [9.17, 15) is 14.4 Å². The summed E-state index contributed by atoms with van der Waals surface area (Å²) in [6.45, 7) is 3.97. The van der Waals surface area contributed by atoms with Gasteiger partial charge in [0.15, 0.2) is 0 Å². The van der Waals surface area contributed by atoms with Gasteiger partial charge in [0, 0.05) is 24.4 Å². The van der Waals surface area contributed by atoms with Crippen LogP contribution in [0.2, 0.25) is 0 Å². The molecule has 6 rings (SSSR count). The van der Waals surface area contributed by atoms with Crippen molar-refractivity contribution < 1.29 is 19.2 Å². The van der Waals surface area contributed by atoms with E-state index in [0.717, 1.165) is 31.8 Å². The Morgan fingerprint density at radius 3 is 1.90 bits per heavy atom. The summed E-state index contributed by atoms with van der Waals surface area (Å²) < 4.78 is 3.06. The molecular weight excluding hydrogens is 671 g/mol. The summed E-state index contributed by atoms with van der Waals surface area (Å²) >= 11 is 1.37. The highest BCUT2D eigenvalue weighted by atomic mass is 32.1. The normalized spacial score (nSPS) is 12.7. The van der Waals surface area contributed by atoms with Crippen LogP contribution in [-0.4, -0.2) is 58.6 Å². The predicted molar refractivity (Wildman–Crippen MR) is 205 cm³/mol. The standard InChI is InChI=1S/C42H43N5O4S/c1-29(2)24-35(44-40(49)38-25-30-16-14-15-23-37(30)52-38)39(48)45-36(41(50)46(3)51-4)26-34-27-47(28-43-34)42(31-17-8-5-9-18-31,32-19-10-6-11-20-32)33-21-12-7-13-22-33/h5-23,25,27-29,35-36H,24,26H2,1-4H3,(H,44,49)(H,45,48)/t35-,36-/m0/s1. The van der Waals surface area contributed by atoms with Crippen molar-refractivity contribution in [2.75, 3.05) is 14.2 Å². The highest BCUT2D eigenvalue weighted by Crippen LogP contribution is 2.40. The first-order valence-electron chi connectivity index (χ1n) is 17.3. The minimum Gasteiger partial charge on any atom is -0.342 e. The molecule has 6 aromatic rings. The summed E-state index contributed by atoms with van der Waals surface area (Å²) in [6, 6.07) is 38.4. The second-order valence-electron chi connectivity index (χ2n) is 13.2. The van der Waals surface area contributed by atoms with Gasteiger partial charge < -0.3 is 15.2 Å². The van der Waals surface area contributed by atoms with E-state index < -0.39 is 29.4 Å². The summed E-state index contributed by atoms with van der Waals surface area (Å²) in [6.07, 6.45) is 4.17. The average molecular weight is 714 g/mol. The third-order valence-electron chi connectivity index (χ3n) is 9.19. The van der Waals surface area contributed by atoms with E-state index in [0.29, 0.717) is 17.0 Å². The highest BCUT2D eigenvalue weighted by Gasteiger charge is 2.39. The van der Waals surface area contributed by atoms with Crippen LogP contribution in [-0.2, 0) is 26.4 Å². The maximum Gasteiger partial charge on any atom is 0.268 e. The van der Waals surface area contributed by atoms with Gasteiger partial charge in [-0.25, -0.2) is 10.0 Å².